The molecule has 2 saturated heterocycles. The number of carbonyl (C=O) groups excluding carboxylic acids is 1. The summed E-state index contributed by atoms with van der Waals surface area (Å²) < 4.78 is 40.2. The van der Waals surface area contributed by atoms with Crippen LogP contribution in [0.3, 0.4) is 0 Å². The Labute approximate surface area is 222 Å². The van der Waals surface area contributed by atoms with Crippen LogP contribution in [0.2, 0.25) is 0 Å². The third-order valence-electron chi connectivity index (χ3n) is 7.95. The van der Waals surface area contributed by atoms with Gasteiger partial charge in [-0.05, 0) is 57.3 Å². The number of amides is 1. The molecule has 5 rings (SSSR count). The van der Waals surface area contributed by atoms with Crippen molar-refractivity contribution in [2.24, 2.45) is 17.8 Å². The van der Waals surface area contributed by atoms with Crippen LogP contribution in [0.25, 0.3) is 0 Å². The van der Waals surface area contributed by atoms with Crippen molar-refractivity contribution in [3.8, 4) is 11.5 Å². The Balaban J connectivity index is 1.03. The molecular formula is C28H36F2N4O4. The number of nitrogens with zero attached hydrogens (tertiary/aromatic N) is 4. The maximum atomic E-state index is 14.6. The van der Waals surface area contributed by atoms with Crippen molar-refractivity contribution in [3.63, 3.8) is 0 Å². The zero-order valence-corrected chi connectivity index (χ0v) is 22.0. The van der Waals surface area contributed by atoms with Gasteiger partial charge in [-0.15, -0.1) is 0 Å². The highest BCUT2D eigenvalue weighted by molar-refractivity contribution is 5.80. The molecule has 38 heavy (non-hydrogen) atoms. The SMILES string of the molecule is CCOc1cnc(N2CCC(C3C[C@H]3CCOc3cc(F)c(CC(=O)N4CC(C)(O)C4)c(F)c3)CC2)nc1. The van der Waals surface area contributed by atoms with Gasteiger partial charge in [-0.1, -0.05) is 0 Å². The molecule has 1 aromatic heterocycles. The Morgan fingerprint density at radius 3 is 2.37 bits per heavy atom. The number of likely N-dealkylation sites (tertiary alicyclic amines) is 1. The molecule has 1 aliphatic carbocycles. The first-order chi connectivity index (χ1) is 18.2. The van der Waals surface area contributed by atoms with Crippen LogP contribution in [0.15, 0.2) is 24.5 Å². The second-order valence-electron chi connectivity index (χ2n) is 11.1. The number of β-amino-alcohol motifs (C(OH)–C–C–N with tert-alkyl or cyclic N) is 1. The van der Waals surface area contributed by atoms with Crippen molar-refractivity contribution in [3.05, 3.63) is 41.7 Å². The fraction of sp³-hybridized carbons (Fsp3) is 0.607. The maximum absolute atomic E-state index is 14.6. The van der Waals surface area contributed by atoms with Gasteiger partial charge >= 0.3 is 0 Å². The Hall–Kier alpha value is -3.01. The van der Waals surface area contributed by atoms with Gasteiger partial charge in [-0.2, -0.15) is 0 Å². The molecule has 3 heterocycles. The predicted molar refractivity (Wildman–Crippen MR) is 137 cm³/mol. The second-order valence-corrected chi connectivity index (χ2v) is 11.1. The number of carbonyl (C=O) groups is 1. The second kappa shape index (κ2) is 11.0. The Kier molecular flexibility index (Phi) is 7.70. The average molecular weight is 531 g/mol. The standard InChI is InChI=1S/C28H36F2N4O4/c1-3-37-21-14-31-27(32-15-21)33-7-4-18(5-8-33)22-10-19(22)6-9-38-20-11-24(29)23(25(30)12-20)13-26(35)34-16-28(2,36)17-34/h11-12,14-15,18-19,22,36H,3-10,13,16-17H2,1-2H3/t19-,22?/m1/s1. The minimum Gasteiger partial charge on any atom is -0.493 e. The zero-order chi connectivity index (χ0) is 26.9. The summed E-state index contributed by atoms with van der Waals surface area (Å²) in [5.74, 6) is 1.52. The number of piperidine rings is 1. The highest BCUT2D eigenvalue weighted by Gasteiger charge is 2.43. The van der Waals surface area contributed by atoms with Gasteiger partial charge in [0.15, 0.2) is 5.75 Å². The Morgan fingerprint density at radius 2 is 1.76 bits per heavy atom. The van der Waals surface area contributed by atoms with E-state index >= 15 is 0 Å². The number of hydrogen-bond donors (Lipinski definition) is 1. The lowest BCUT2D eigenvalue weighted by molar-refractivity contribution is -0.151. The van der Waals surface area contributed by atoms with Gasteiger partial charge in [0.1, 0.15) is 17.4 Å². The Morgan fingerprint density at radius 1 is 1.11 bits per heavy atom. The van der Waals surface area contributed by atoms with Gasteiger partial charge in [-0.25, -0.2) is 18.7 Å². The van der Waals surface area contributed by atoms with E-state index in [-0.39, 0.29) is 30.8 Å². The number of benzene rings is 1. The van der Waals surface area contributed by atoms with Crippen molar-refractivity contribution in [2.75, 3.05) is 44.3 Å². The van der Waals surface area contributed by atoms with Gasteiger partial charge in [0, 0.05) is 30.8 Å². The van der Waals surface area contributed by atoms with Crippen LogP contribution in [0.1, 0.15) is 45.1 Å². The average Bonchev–Trinajstić information content (AvgIpc) is 3.65. The molecule has 2 aromatic rings. The summed E-state index contributed by atoms with van der Waals surface area (Å²) in [7, 11) is 0. The molecule has 3 fully saturated rings. The molecule has 3 aliphatic rings. The quantitative estimate of drug-likeness (QED) is 0.502. The molecule has 2 aliphatic heterocycles. The summed E-state index contributed by atoms with van der Waals surface area (Å²) in [6.07, 6.45) is 7.29. The molecule has 1 amide bonds. The van der Waals surface area contributed by atoms with E-state index in [0.717, 1.165) is 50.4 Å². The van der Waals surface area contributed by atoms with Gasteiger partial charge in [0.05, 0.1) is 50.7 Å². The minimum absolute atomic E-state index is 0.143. The maximum Gasteiger partial charge on any atom is 0.227 e. The van der Waals surface area contributed by atoms with Crippen LogP contribution in [0.5, 0.6) is 11.5 Å². The van der Waals surface area contributed by atoms with Crippen molar-refractivity contribution >= 4 is 11.9 Å². The van der Waals surface area contributed by atoms with Crippen LogP contribution in [-0.4, -0.2) is 70.9 Å². The summed E-state index contributed by atoms with van der Waals surface area (Å²) in [5.41, 5.74) is -1.19. The molecule has 8 nitrogen and oxygen atoms in total. The largest absolute Gasteiger partial charge is 0.493 e. The van der Waals surface area contributed by atoms with Crippen molar-refractivity contribution in [2.45, 2.75) is 51.6 Å². The number of aromatic nitrogens is 2. The molecule has 0 spiro atoms. The van der Waals surface area contributed by atoms with E-state index in [2.05, 4.69) is 14.9 Å². The highest BCUT2D eigenvalue weighted by atomic mass is 19.1. The first-order valence-electron chi connectivity index (χ1n) is 13.5. The molecule has 1 aromatic carbocycles. The molecule has 0 radical (unpaired) electrons. The zero-order valence-electron chi connectivity index (χ0n) is 22.0. The molecule has 206 valence electrons. The fourth-order valence-electron chi connectivity index (χ4n) is 5.80. The lowest BCUT2D eigenvalue weighted by Gasteiger charge is -2.44. The van der Waals surface area contributed by atoms with Gasteiger partial charge < -0.3 is 24.4 Å². The van der Waals surface area contributed by atoms with Crippen LogP contribution in [-0.2, 0) is 11.2 Å². The summed E-state index contributed by atoms with van der Waals surface area (Å²) in [6.45, 7) is 6.77. The molecule has 0 bridgehead atoms. The lowest BCUT2D eigenvalue weighted by Crippen LogP contribution is -2.62. The van der Waals surface area contributed by atoms with Crippen LogP contribution < -0.4 is 14.4 Å². The van der Waals surface area contributed by atoms with Crippen molar-refractivity contribution in [1.29, 1.82) is 0 Å². The number of halogens is 2. The third-order valence-corrected chi connectivity index (χ3v) is 7.95. The third kappa shape index (κ3) is 6.17. The van der Waals surface area contributed by atoms with Gasteiger partial charge in [0.2, 0.25) is 11.9 Å². The van der Waals surface area contributed by atoms with Gasteiger partial charge in [-0.3, -0.25) is 4.79 Å². The normalized spacial score (nSPS) is 22.7. The van der Waals surface area contributed by atoms with Crippen LogP contribution in [0.4, 0.5) is 14.7 Å². The predicted octanol–water partition coefficient (Wildman–Crippen LogP) is 3.61. The van der Waals surface area contributed by atoms with E-state index in [1.807, 2.05) is 6.92 Å². The van der Waals surface area contributed by atoms with Crippen LogP contribution in [0, 0.1) is 29.4 Å². The van der Waals surface area contributed by atoms with E-state index in [1.165, 1.54) is 11.3 Å². The van der Waals surface area contributed by atoms with Crippen LogP contribution >= 0.6 is 0 Å². The number of ether oxygens (including phenoxy) is 2. The van der Waals surface area contributed by atoms with E-state index < -0.39 is 23.1 Å². The topological polar surface area (TPSA) is 88.0 Å². The van der Waals surface area contributed by atoms with E-state index in [1.54, 1.807) is 19.3 Å². The molecule has 1 N–H and O–H groups in total. The Bertz CT molecular complexity index is 1110. The van der Waals surface area contributed by atoms with E-state index in [0.29, 0.717) is 36.7 Å². The molecular weight excluding hydrogens is 494 g/mol. The fourth-order valence-corrected chi connectivity index (χ4v) is 5.80. The van der Waals surface area contributed by atoms with Gasteiger partial charge in [0.25, 0.3) is 0 Å². The number of aliphatic hydroxyl groups is 1. The first kappa shape index (κ1) is 26.6. The summed E-state index contributed by atoms with van der Waals surface area (Å²) in [5, 5.41) is 9.77. The molecule has 10 heteroatoms. The molecule has 1 unspecified atom stereocenters. The van der Waals surface area contributed by atoms with Crippen molar-refractivity contribution < 1.29 is 28.2 Å². The first-order valence-corrected chi connectivity index (χ1v) is 13.5. The summed E-state index contributed by atoms with van der Waals surface area (Å²) in [4.78, 5) is 24.7. The molecule has 1 saturated carbocycles. The van der Waals surface area contributed by atoms with E-state index in [9.17, 15) is 18.7 Å². The highest BCUT2D eigenvalue weighted by Crippen LogP contribution is 2.50. The monoisotopic (exact) mass is 530 g/mol. The number of rotatable bonds is 10. The number of hydrogen-bond acceptors (Lipinski definition) is 7. The molecule has 2 atom stereocenters. The minimum atomic E-state index is -0.922. The summed E-state index contributed by atoms with van der Waals surface area (Å²) in [6, 6.07) is 2.31. The lowest BCUT2D eigenvalue weighted by atomic mass is 9.90. The number of anilines is 1. The summed E-state index contributed by atoms with van der Waals surface area (Å²) >= 11 is 0. The smallest absolute Gasteiger partial charge is 0.227 e. The van der Waals surface area contributed by atoms with E-state index in [4.69, 9.17) is 9.47 Å². The van der Waals surface area contributed by atoms with Crippen molar-refractivity contribution in [1.82, 2.24) is 14.9 Å².